The van der Waals surface area contributed by atoms with Crippen LogP contribution in [-0.4, -0.2) is 33.4 Å². The Morgan fingerprint density at radius 3 is 2.37 bits per heavy atom. The van der Waals surface area contributed by atoms with E-state index in [9.17, 15) is 19.7 Å². The van der Waals surface area contributed by atoms with Crippen molar-refractivity contribution < 1.29 is 9.72 Å². The largest absolute Gasteiger partial charge is 0.339 e. The van der Waals surface area contributed by atoms with Crippen LogP contribution in [0.5, 0.6) is 0 Å². The fraction of sp³-hybridized carbons (Fsp3) is 0.240. The second-order valence-electron chi connectivity index (χ2n) is 7.96. The van der Waals surface area contributed by atoms with Gasteiger partial charge in [-0.2, -0.15) is 0 Å². The van der Waals surface area contributed by atoms with Crippen LogP contribution in [0.3, 0.4) is 0 Å². The summed E-state index contributed by atoms with van der Waals surface area (Å²) in [6.45, 7) is 6.67. The fourth-order valence-electron chi connectivity index (χ4n) is 4.08. The van der Waals surface area contributed by atoms with Gasteiger partial charge in [-0.15, -0.1) is 0 Å². The Hall–Kier alpha value is -3.56. The predicted molar refractivity (Wildman–Crippen MR) is 136 cm³/mol. The van der Waals surface area contributed by atoms with Crippen molar-refractivity contribution in [3.8, 4) is 0 Å². The molecule has 3 aromatic rings. The number of aromatic nitrogens is 1. The summed E-state index contributed by atoms with van der Waals surface area (Å²) in [5.41, 5.74) is 2.10. The summed E-state index contributed by atoms with van der Waals surface area (Å²) < 4.78 is 1.97. The van der Waals surface area contributed by atoms with Crippen molar-refractivity contribution in [2.24, 2.45) is 4.99 Å². The summed E-state index contributed by atoms with van der Waals surface area (Å²) >= 11 is 7.33. The van der Waals surface area contributed by atoms with E-state index in [4.69, 9.17) is 11.6 Å². The maximum absolute atomic E-state index is 13.6. The SMILES string of the molecule is CCN(CC)C(=O)C1=C(C)N=c2s/c(=C/c3ccc([N+](=O)[O-])cc3)c(=O)n2[C@H]1c1ccc(Cl)cc1. The minimum atomic E-state index is -0.657. The van der Waals surface area contributed by atoms with Crippen LogP contribution in [0, 0.1) is 10.1 Å². The van der Waals surface area contributed by atoms with E-state index in [1.807, 2.05) is 26.0 Å². The lowest BCUT2D eigenvalue weighted by molar-refractivity contribution is -0.384. The van der Waals surface area contributed by atoms with E-state index < -0.39 is 11.0 Å². The summed E-state index contributed by atoms with van der Waals surface area (Å²) in [7, 11) is 0. The Morgan fingerprint density at radius 1 is 1.17 bits per heavy atom. The van der Waals surface area contributed by atoms with Crippen molar-refractivity contribution in [1.82, 2.24) is 9.47 Å². The summed E-state index contributed by atoms with van der Waals surface area (Å²) in [4.78, 5) is 44.5. The predicted octanol–water partition coefficient (Wildman–Crippen LogP) is 3.67. The van der Waals surface area contributed by atoms with Crippen molar-refractivity contribution >= 4 is 40.6 Å². The van der Waals surface area contributed by atoms with Crippen LogP contribution in [0.1, 0.15) is 37.9 Å². The number of benzene rings is 2. The van der Waals surface area contributed by atoms with Gasteiger partial charge in [-0.05, 0) is 62.2 Å². The van der Waals surface area contributed by atoms with Gasteiger partial charge in [0, 0.05) is 30.2 Å². The molecule has 0 spiro atoms. The molecule has 1 aliphatic heterocycles. The van der Waals surface area contributed by atoms with E-state index in [-0.39, 0.29) is 17.2 Å². The molecule has 0 saturated carbocycles. The molecule has 1 aromatic heterocycles. The molecule has 180 valence electrons. The first-order valence-corrected chi connectivity index (χ1v) is 12.3. The highest BCUT2D eigenvalue weighted by molar-refractivity contribution is 7.07. The van der Waals surface area contributed by atoms with Crippen LogP contribution in [0.25, 0.3) is 6.08 Å². The highest BCUT2D eigenvalue weighted by Gasteiger charge is 2.34. The molecule has 0 fully saturated rings. The number of carbonyl (C=O) groups excluding carboxylic acids is 1. The quantitative estimate of drug-likeness (QED) is 0.373. The van der Waals surface area contributed by atoms with Gasteiger partial charge in [-0.1, -0.05) is 35.1 Å². The number of thiazole rings is 1. The third-order valence-corrected chi connectivity index (χ3v) is 7.13. The Balaban J connectivity index is 1.91. The summed E-state index contributed by atoms with van der Waals surface area (Å²) in [6.07, 6.45) is 1.68. The molecular weight excluding hydrogens is 488 g/mol. The smallest absolute Gasteiger partial charge is 0.271 e. The lowest BCUT2D eigenvalue weighted by Crippen LogP contribution is -2.43. The fourth-order valence-corrected chi connectivity index (χ4v) is 5.25. The number of halogens is 1. The monoisotopic (exact) mass is 510 g/mol. The van der Waals surface area contributed by atoms with Crippen LogP contribution >= 0.6 is 22.9 Å². The topological polar surface area (TPSA) is 97.8 Å². The molecule has 0 N–H and O–H groups in total. The van der Waals surface area contributed by atoms with Crippen LogP contribution in [-0.2, 0) is 4.79 Å². The minimum Gasteiger partial charge on any atom is -0.339 e. The molecule has 0 aliphatic carbocycles. The number of amides is 1. The van der Waals surface area contributed by atoms with Crippen LogP contribution in [0.15, 0.2) is 69.6 Å². The van der Waals surface area contributed by atoms with Gasteiger partial charge in [0.2, 0.25) is 0 Å². The first-order chi connectivity index (χ1) is 16.7. The third-order valence-electron chi connectivity index (χ3n) is 5.89. The number of nitrogens with zero attached hydrogens (tertiary/aromatic N) is 4. The first-order valence-electron chi connectivity index (χ1n) is 11.1. The molecule has 2 aromatic carbocycles. The van der Waals surface area contributed by atoms with Gasteiger partial charge in [0.25, 0.3) is 17.2 Å². The van der Waals surface area contributed by atoms with Crippen molar-refractivity contribution in [2.75, 3.05) is 13.1 Å². The van der Waals surface area contributed by atoms with E-state index in [1.165, 1.54) is 23.5 Å². The number of nitro groups is 1. The Bertz CT molecular complexity index is 1500. The van der Waals surface area contributed by atoms with Gasteiger partial charge in [-0.3, -0.25) is 24.3 Å². The maximum atomic E-state index is 13.6. The number of non-ortho nitro benzene ring substituents is 1. The molecule has 1 aliphatic rings. The molecule has 35 heavy (non-hydrogen) atoms. The number of hydrogen-bond acceptors (Lipinski definition) is 6. The average Bonchev–Trinajstić information content (AvgIpc) is 3.14. The van der Waals surface area contributed by atoms with Gasteiger partial charge in [0.1, 0.15) is 0 Å². The molecule has 0 unspecified atom stereocenters. The average molecular weight is 511 g/mol. The lowest BCUT2D eigenvalue weighted by atomic mass is 9.94. The Kier molecular flexibility index (Phi) is 7.00. The molecule has 2 heterocycles. The second kappa shape index (κ2) is 9.97. The van der Waals surface area contributed by atoms with Gasteiger partial charge in [0.05, 0.1) is 26.8 Å². The minimum absolute atomic E-state index is 0.0264. The van der Waals surface area contributed by atoms with Crippen molar-refractivity contribution in [3.05, 3.63) is 106 Å². The number of allylic oxidation sites excluding steroid dienone is 1. The second-order valence-corrected chi connectivity index (χ2v) is 9.40. The highest BCUT2D eigenvalue weighted by Crippen LogP contribution is 2.31. The van der Waals surface area contributed by atoms with Gasteiger partial charge >= 0.3 is 0 Å². The number of rotatable bonds is 6. The van der Waals surface area contributed by atoms with Gasteiger partial charge < -0.3 is 4.90 Å². The van der Waals surface area contributed by atoms with Crippen LogP contribution in [0.4, 0.5) is 5.69 Å². The molecule has 1 amide bonds. The van der Waals surface area contributed by atoms with E-state index in [2.05, 4.69) is 4.99 Å². The van der Waals surface area contributed by atoms with Gasteiger partial charge in [-0.25, -0.2) is 4.99 Å². The summed E-state index contributed by atoms with van der Waals surface area (Å²) in [6, 6.07) is 12.4. The molecular formula is C25H23ClN4O4S. The standard InChI is InChI=1S/C25H23ClN4O4S/c1-4-28(5-2)24(32)21-15(3)27-25-29(22(21)17-8-10-18(26)11-9-17)23(31)20(35-25)14-16-6-12-19(13-7-16)30(33)34/h6-14,22H,4-5H2,1-3H3/b20-14+/t22-/m0/s1. The molecule has 0 saturated heterocycles. The summed E-state index contributed by atoms with van der Waals surface area (Å²) in [5, 5.41) is 11.5. The molecule has 10 heteroatoms. The number of carbonyl (C=O) groups is 1. The number of likely N-dealkylation sites (N-methyl/N-ethyl adjacent to an activating group) is 1. The van der Waals surface area contributed by atoms with E-state index in [0.717, 1.165) is 5.56 Å². The van der Waals surface area contributed by atoms with Crippen LogP contribution < -0.4 is 14.9 Å². The normalized spacial score (nSPS) is 15.5. The van der Waals surface area contributed by atoms with Crippen molar-refractivity contribution in [2.45, 2.75) is 26.8 Å². The number of fused-ring (bicyclic) bond motifs is 1. The van der Waals surface area contributed by atoms with Crippen molar-refractivity contribution in [3.63, 3.8) is 0 Å². The van der Waals surface area contributed by atoms with E-state index in [0.29, 0.717) is 44.3 Å². The Labute approximate surface area is 210 Å². The maximum Gasteiger partial charge on any atom is 0.271 e. The summed E-state index contributed by atoms with van der Waals surface area (Å²) in [5.74, 6) is -0.166. The molecule has 8 nitrogen and oxygen atoms in total. The molecule has 0 radical (unpaired) electrons. The number of nitro benzene ring substituents is 1. The van der Waals surface area contributed by atoms with E-state index >= 15 is 0 Å². The lowest BCUT2D eigenvalue weighted by Gasteiger charge is -2.29. The molecule has 1 atom stereocenters. The third kappa shape index (κ3) is 4.69. The zero-order valence-corrected chi connectivity index (χ0v) is 21.0. The van der Waals surface area contributed by atoms with Crippen LogP contribution in [0.2, 0.25) is 5.02 Å². The first kappa shape index (κ1) is 24.6. The van der Waals surface area contributed by atoms with Crippen molar-refractivity contribution in [1.29, 1.82) is 0 Å². The zero-order valence-electron chi connectivity index (χ0n) is 19.4. The van der Waals surface area contributed by atoms with E-state index in [1.54, 1.807) is 46.7 Å². The Morgan fingerprint density at radius 2 is 1.80 bits per heavy atom. The molecule has 4 rings (SSSR count). The van der Waals surface area contributed by atoms with Gasteiger partial charge in [0.15, 0.2) is 4.80 Å². The highest BCUT2D eigenvalue weighted by atomic mass is 35.5. The molecule has 0 bridgehead atoms. The number of hydrogen-bond donors (Lipinski definition) is 0. The zero-order chi connectivity index (χ0) is 25.3.